The fraction of sp³-hybridized carbons (Fsp3) is 0.933. The minimum Gasteiger partial charge on any atom is -0.457 e. The van der Waals surface area contributed by atoms with E-state index in [-0.39, 0.29) is 13.0 Å². The molecule has 0 amide bonds. The van der Waals surface area contributed by atoms with Crippen LogP contribution >= 0.6 is 7.82 Å². The van der Waals surface area contributed by atoms with Crippen molar-refractivity contribution in [1.29, 1.82) is 0 Å². The molecular formula is C45H87O12P. The predicted octanol–water partition coefficient (Wildman–Crippen LogP) is 9.53. The van der Waals surface area contributed by atoms with Crippen molar-refractivity contribution >= 4 is 13.8 Å². The van der Waals surface area contributed by atoms with Crippen LogP contribution in [0.4, 0.5) is 0 Å². The fourth-order valence-electron chi connectivity index (χ4n) is 7.35. The van der Waals surface area contributed by atoms with Crippen molar-refractivity contribution in [1.82, 2.24) is 0 Å². The molecule has 0 radical (unpaired) electrons. The van der Waals surface area contributed by atoms with Crippen molar-refractivity contribution in [2.75, 3.05) is 19.8 Å². The van der Waals surface area contributed by atoms with Gasteiger partial charge in [-0.2, -0.15) is 0 Å². The maximum Gasteiger partial charge on any atom is 0.472 e. The van der Waals surface area contributed by atoms with Crippen LogP contribution in [-0.4, -0.2) is 98.9 Å². The van der Waals surface area contributed by atoms with Gasteiger partial charge in [-0.05, 0) is 38.5 Å². The van der Waals surface area contributed by atoms with Gasteiger partial charge in [-0.15, -0.1) is 0 Å². The third-order valence-electron chi connectivity index (χ3n) is 11.1. The van der Waals surface area contributed by atoms with E-state index in [4.69, 9.17) is 18.5 Å². The molecule has 13 heteroatoms. The number of esters is 1. The molecule has 6 atom stereocenters. The summed E-state index contributed by atoms with van der Waals surface area (Å²) in [6, 6.07) is 0. The van der Waals surface area contributed by atoms with Gasteiger partial charge in [-0.25, -0.2) is 4.57 Å². The van der Waals surface area contributed by atoms with Gasteiger partial charge in [0.25, 0.3) is 0 Å². The van der Waals surface area contributed by atoms with Gasteiger partial charge >= 0.3 is 13.8 Å². The SMILES string of the molecule is CCCCCCCC/C=C\CCCCCCCCOCC(COP(=O)(O)OC1C(O)C(O)C(O)C(O)C1O)OC(=O)CCCCCCCCCCCCCCCCC. The lowest BCUT2D eigenvalue weighted by Gasteiger charge is -2.41. The van der Waals surface area contributed by atoms with Crippen molar-refractivity contribution in [2.24, 2.45) is 0 Å². The second kappa shape index (κ2) is 36.7. The van der Waals surface area contributed by atoms with Gasteiger partial charge in [0.05, 0.1) is 13.2 Å². The molecule has 1 fully saturated rings. The van der Waals surface area contributed by atoms with E-state index < -0.39 is 63.1 Å². The highest BCUT2D eigenvalue weighted by atomic mass is 31.2. The Morgan fingerprint density at radius 1 is 0.534 bits per heavy atom. The molecule has 1 aliphatic carbocycles. The number of phosphoric acid groups is 1. The molecule has 0 spiro atoms. The first-order valence-corrected chi connectivity index (χ1v) is 25.0. The number of ether oxygens (including phenoxy) is 2. The Bertz CT molecular complexity index is 1020. The zero-order valence-corrected chi connectivity index (χ0v) is 37.5. The van der Waals surface area contributed by atoms with Gasteiger partial charge in [0.15, 0.2) is 0 Å². The van der Waals surface area contributed by atoms with Crippen LogP contribution in [0.1, 0.15) is 206 Å². The summed E-state index contributed by atoms with van der Waals surface area (Å²) in [4.78, 5) is 23.1. The molecule has 1 aliphatic rings. The van der Waals surface area contributed by atoms with Gasteiger partial charge in [0.1, 0.15) is 42.7 Å². The van der Waals surface area contributed by atoms with Gasteiger partial charge in [-0.3, -0.25) is 13.8 Å². The number of carbonyl (C=O) groups excluding carboxylic acids is 1. The molecule has 0 aliphatic heterocycles. The molecule has 0 aromatic carbocycles. The number of hydrogen-bond acceptors (Lipinski definition) is 11. The molecule has 0 saturated heterocycles. The van der Waals surface area contributed by atoms with E-state index in [1.165, 1.54) is 128 Å². The molecule has 0 aromatic heterocycles. The van der Waals surface area contributed by atoms with Crippen LogP contribution in [0.5, 0.6) is 0 Å². The number of allylic oxidation sites excluding steroid dienone is 2. The first-order valence-electron chi connectivity index (χ1n) is 23.5. The summed E-state index contributed by atoms with van der Waals surface area (Å²) >= 11 is 0. The molecule has 0 heterocycles. The highest BCUT2D eigenvalue weighted by Crippen LogP contribution is 2.47. The fourth-order valence-corrected chi connectivity index (χ4v) is 8.32. The summed E-state index contributed by atoms with van der Waals surface area (Å²) in [5, 5.41) is 50.2. The van der Waals surface area contributed by atoms with Crippen LogP contribution in [-0.2, 0) is 27.9 Å². The molecule has 1 saturated carbocycles. The molecule has 1 rings (SSSR count). The number of carbonyl (C=O) groups is 1. The summed E-state index contributed by atoms with van der Waals surface area (Å²) in [5.41, 5.74) is 0. The van der Waals surface area contributed by atoms with Gasteiger partial charge < -0.3 is 39.9 Å². The molecule has 344 valence electrons. The number of rotatable bonds is 40. The topological polar surface area (TPSA) is 192 Å². The normalized spacial score (nSPS) is 22.7. The van der Waals surface area contributed by atoms with Crippen molar-refractivity contribution in [3.8, 4) is 0 Å². The Kier molecular flexibility index (Phi) is 34.9. The Morgan fingerprint density at radius 2 is 0.914 bits per heavy atom. The number of aliphatic hydroxyl groups excluding tert-OH is 5. The first kappa shape index (κ1) is 55.1. The number of phosphoric ester groups is 1. The number of hydrogen-bond donors (Lipinski definition) is 6. The van der Waals surface area contributed by atoms with Crippen LogP contribution in [0.25, 0.3) is 0 Å². The Balaban J connectivity index is 2.39. The average Bonchev–Trinajstić information content (AvgIpc) is 3.21. The van der Waals surface area contributed by atoms with Crippen molar-refractivity contribution < 1.29 is 58.3 Å². The van der Waals surface area contributed by atoms with Crippen molar-refractivity contribution in [3.63, 3.8) is 0 Å². The first-order chi connectivity index (χ1) is 28.0. The van der Waals surface area contributed by atoms with Crippen LogP contribution in [0, 0.1) is 0 Å². The highest BCUT2D eigenvalue weighted by Gasteiger charge is 2.51. The Labute approximate surface area is 352 Å². The third-order valence-corrected chi connectivity index (χ3v) is 12.1. The highest BCUT2D eigenvalue weighted by molar-refractivity contribution is 7.47. The zero-order chi connectivity index (χ0) is 42.7. The minimum atomic E-state index is -5.01. The molecule has 6 unspecified atom stereocenters. The predicted molar refractivity (Wildman–Crippen MR) is 230 cm³/mol. The van der Waals surface area contributed by atoms with Crippen LogP contribution < -0.4 is 0 Å². The van der Waals surface area contributed by atoms with Gasteiger partial charge in [0.2, 0.25) is 0 Å². The lowest BCUT2D eigenvalue weighted by atomic mass is 9.85. The molecule has 6 N–H and O–H groups in total. The maximum absolute atomic E-state index is 12.8. The maximum atomic E-state index is 12.8. The van der Waals surface area contributed by atoms with E-state index in [9.17, 15) is 39.8 Å². The van der Waals surface area contributed by atoms with Crippen LogP contribution in [0.15, 0.2) is 12.2 Å². The van der Waals surface area contributed by atoms with E-state index in [2.05, 4.69) is 26.0 Å². The van der Waals surface area contributed by atoms with Crippen LogP contribution in [0.2, 0.25) is 0 Å². The zero-order valence-electron chi connectivity index (χ0n) is 36.6. The number of aliphatic hydroxyl groups is 5. The van der Waals surface area contributed by atoms with Gasteiger partial charge in [-0.1, -0.05) is 174 Å². The minimum absolute atomic E-state index is 0.0754. The Morgan fingerprint density at radius 3 is 1.36 bits per heavy atom. The molecule has 58 heavy (non-hydrogen) atoms. The van der Waals surface area contributed by atoms with E-state index in [0.29, 0.717) is 13.0 Å². The molecular weight excluding hydrogens is 763 g/mol. The van der Waals surface area contributed by atoms with Crippen LogP contribution in [0.3, 0.4) is 0 Å². The standard InChI is InChI=1S/C45H87O12P/c1-3-5-7-9-11-13-15-17-19-21-23-25-27-29-31-33-35-54-36-38(37-55-58(52,53)57-45-43(50)41(48)40(47)42(49)44(45)51)56-39(46)34-32-30-28-26-24-22-20-18-16-14-12-10-8-6-4-2/h17,19,38,40-45,47-51H,3-16,18,20-37H2,1-2H3,(H,52,53)/b19-17-. The van der Waals surface area contributed by atoms with E-state index in [0.717, 1.165) is 51.4 Å². The van der Waals surface area contributed by atoms with Crippen molar-refractivity contribution in [3.05, 3.63) is 12.2 Å². The second-order valence-electron chi connectivity index (χ2n) is 16.6. The van der Waals surface area contributed by atoms with Crippen molar-refractivity contribution in [2.45, 2.75) is 249 Å². The number of unbranched alkanes of at least 4 members (excludes halogenated alkanes) is 26. The smallest absolute Gasteiger partial charge is 0.457 e. The summed E-state index contributed by atoms with van der Waals surface area (Å²) in [6.45, 7) is 4.26. The average molecular weight is 851 g/mol. The summed E-state index contributed by atoms with van der Waals surface area (Å²) < 4.78 is 34.2. The van der Waals surface area contributed by atoms with E-state index in [1.54, 1.807) is 0 Å². The second-order valence-corrected chi connectivity index (χ2v) is 18.0. The van der Waals surface area contributed by atoms with Gasteiger partial charge in [0, 0.05) is 13.0 Å². The summed E-state index contributed by atoms with van der Waals surface area (Å²) in [7, 11) is -5.01. The summed E-state index contributed by atoms with van der Waals surface area (Å²) in [6.07, 6.45) is 27.0. The monoisotopic (exact) mass is 851 g/mol. The van der Waals surface area contributed by atoms with E-state index >= 15 is 0 Å². The van der Waals surface area contributed by atoms with E-state index in [1.807, 2.05) is 0 Å². The lowest BCUT2D eigenvalue weighted by molar-refractivity contribution is -0.220. The summed E-state index contributed by atoms with van der Waals surface area (Å²) in [5.74, 6) is -0.476. The quantitative estimate of drug-likeness (QED) is 0.0148. The molecule has 12 nitrogen and oxygen atoms in total. The molecule has 0 aromatic rings. The lowest BCUT2D eigenvalue weighted by Crippen LogP contribution is -2.64. The third kappa shape index (κ3) is 28.6. The largest absolute Gasteiger partial charge is 0.472 e. The molecule has 0 bridgehead atoms. The Hall–Kier alpha value is -0.920.